The van der Waals surface area contributed by atoms with Gasteiger partial charge in [0.2, 0.25) is 21.8 Å². The second kappa shape index (κ2) is 10.4. The molecule has 1 fully saturated rings. The quantitative estimate of drug-likeness (QED) is 0.587. The fourth-order valence-corrected chi connectivity index (χ4v) is 5.47. The summed E-state index contributed by atoms with van der Waals surface area (Å²) in [6.45, 7) is 8.71. The van der Waals surface area contributed by atoms with Gasteiger partial charge < -0.3 is 14.7 Å². The first kappa shape index (κ1) is 24.9. The van der Waals surface area contributed by atoms with Crippen LogP contribution in [0.4, 0.5) is 5.69 Å². The lowest BCUT2D eigenvalue weighted by atomic mass is 10.1. The van der Waals surface area contributed by atoms with Gasteiger partial charge in [0.25, 0.3) is 0 Å². The number of amides is 2. The largest absolute Gasteiger partial charge is 0.360 e. The summed E-state index contributed by atoms with van der Waals surface area (Å²) in [5.41, 5.74) is 2.14. The topological polar surface area (TPSA) is 125 Å². The summed E-state index contributed by atoms with van der Waals surface area (Å²) in [5.74, 6) is -0.240. The Labute approximate surface area is 194 Å². The molecule has 0 bridgehead atoms. The van der Waals surface area contributed by atoms with Crippen LogP contribution in [-0.2, 0) is 26.0 Å². The van der Waals surface area contributed by atoms with Crippen LogP contribution in [0.25, 0.3) is 0 Å². The van der Waals surface area contributed by atoms with Crippen LogP contribution in [0, 0.1) is 13.8 Å². The fourth-order valence-electron chi connectivity index (χ4n) is 3.94. The predicted octanol–water partition coefficient (Wildman–Crippen LogP) is 1.30. The lowest BCUT2D eigenvalue weighted by Crippen LogP contribution is -2.55. The van der Waals surface area contributed by atoms with E-state index < -0.39 is 16.1 Å². The fraction of sp³-hybridized carbons (Fsp3) is 0.500. The van der Waals surface area contributed by atoms with Gasteiger partial charge in [-0.1, -0.05) is 30.3 Å². The molecule has 1 aromatic carbocycles. The molecule has 1 aliphatic rings. The van der Waals surface area contributed by atoms with Crippen LogP contribution in [0.15, 0.2) is 33.7 Å². The van der Waals surface area contributed by atoms with Crippen molar-refractivity contribution in [3.05, 3.63) is 41.3 Å². The van der Waals surface area contributed by atoms with Gasteiger partial charge in [0.1, 0.15) is 10.6 Å². The maximum atomic E-state index is 12.8. The molecular weight excluding hydrogens is 446 g/mol. The molecular formula is C22H31N5O5S. The number of hydrogen-bond donors (Lipinski definition) is 2. The summed E-state index contributed by atoms with van der Waals surface area (Å²) in [5, 5.41) is 6.62. The highest BCUT2D eigenvalue weighted by Crippen LogP contribution is 2.19. The number of nitrogens with one attached hydrogen (secondary N) is 2. The Kier molecular flexibility index (Phi) is 7.88. The molecule has 3 rings (SSSR count). The maximum Gasteiger partial charge on any atom is 0.246 e. The van der Waals surface area contributed by atoms with Crippen LogP contribution in [-0.4, -0.2) is 74.0 Å². The smallest absolute Gasteiger partial charge is 0.246 e. The van der Waals surface area contributed by atoms with Crippen LogP contribution < -0.4 is 10.0 Å². The maximum absolute atomic E-state index is 12.8. The summed E-state index contributed by atoms with van der Waals surface area (Å²) in [6.07, 6.45) is 0.829. The molecule has 0 spiro atoms. The molecule has 0 saturated carbocycles. The van der Waals surface area contributed by atoms with Gasteiger partial charge in [-0.25, -0.2) is 8.42 Å². The first-order valence-electron chi connectivity index (χ1n) is 11.0. The average molecular weight is 478 g/mol. The average Bonchev–Trinajstić information content (AvgIpc) is 3.12. The van der Waals surface area contributed by atoms with Crippen molar-refractivity contribution in [1.29, 1.82) is 0 Å². The summed E-state index contributed by atoms with van der Waals surface area (Å²) < 4.78 is 32.7. The highest BCUT2D eigenvalue weighted by molar-refractivity contribution is 7.89. The first-order chi connectivity index (χ1) is 15.6. The Morgan fingerprint density at radius 2 is 1.82 bits per heavy atom. The minimum Gasteiger partial charge on any atom is -0.360 e. The summed E-state index contributed by atoms with van der Waals surface area (Å²) >= 11 is 0. The van der Waals surface area contributed by atoms with E-state index in [9.17, 15) is 18.0 Å². The van der Waals surface area contributed by atoms with E-state index in [-0.39, 0.29) is 34.7 Å². The van der Waals surface area contributed by atoms with E-state index in [1.807, 2.05) is 36.1 Å². The third-order valence-electron chi connectivity index (χ3n) is 5.66. The number of anilines is 1. The van der Waals surface area contributed by atoms with Gasteiger partial charge in [0, 0.05) is 31.9 Å². The minimum absolute atomic E-state index is 0.0392. The van der Waals surface area contributed by atoms with E-state index in [0.717, 1.165) is 17.7 Å². The van der Waals surface area contributed by atoms with Crippen LogP contribution in [0.1, 0.15) is 30.9 Å². The lowest BCUT2D eigenvalue weighted by molar-refractivity contribution is -0.134. The van der Waals surface area contributed by atoms with Crippen molar-refractivity contribution in [2.45, 2.75) is 45.1 Å². The Hall–Kier alpha value is -2.76. The molecule has 2 amide bonds. The van der Waals surface area contributed by atoms with Crippen molar-refractivity contribution >= 4 is 27.5 Å². The molecule has 180 valence electrons. The van der Waals surface area contributed by atoms with Gasteiger partial charge in [-0.3, -0.25) is 14.5 Å². The highest BCUT2D eigenvalue weighted by Gasteiger charge is 2.31. The van der Waals surface area contributed by atoms with Crippen molar-refractivity contribution < 1.29 is 22.5 Å². The third-order valence-corrected chi connectivity index (χ3v) is 7.45. The van der Waals surface area contributed by atoms with E-state index in [4.69, 9.17) is 4.52 Å². The number of piperazine rings is 1. The van der Waals surface area contributed by atoms with E-state index in [1.165, 1.54) is 20.8 Å². The number of para-hydroxylation sites is 1. The number of sulfonamides is 1. The summed E-state index contributed by atoms with van der Waals surface area (Å²) in [7, 11) is -3.94. The molecule has 0 radical (unpaired) electrons. The number of carbonyl (C=O) groups is 2. The van der Waals surface area contributed by atoms with E-state index >= 15 is 0 Å². The van der Waals surface area contributed by atoms with Gasteiger partial charge >= 0.3 is 0 Å². The molecule has 1 aromatic heterocycles. The van der Waals surface area contributed by atoms with Gasteiger partial charge in [0.15, 0.2) is 5.76 Å². The number of aromatic nitrogens is 1. The number of nitrogens with zero attached hydrogens (tertiary/aromatic N) is 3. The molecule has 11 heteroatoms. The predicted molar refractivity (Wildman–Crippen MR) is 123 cm³/mol. The summed E-state index contributed by atoms with van der Waals surface area (Å²) in [4.78, 5) is 28.8. The molecule has 10 nitrogen and oxygen atoms in total. The molecule has 2 heterocycles. The zero-order valence-corrected chi connectivity index (χ0v) is 20.2. The van der Waals surface area contributed by atoms with E-state index in [0.29, 0.717) is 26.2 Å². The molecule has 0 unspecified atom stereocenters. The molecule has 33 heavy (non-hydrogen) atoms. The zero-order valence-electron chi connectivity index (χ0n) is 19.4. The monoisotopic (exact) mass is 477 g/mol. The van der Waals surface area contributed by atoms with Gasteiger partial charge in [0.05, 0.1) is 12.6 Å². The SMILES string of the molecule is CCc1ccccc1NC(=O)CN1CCN(C(=O)[C@H](C)NS(=O)(=O)c2c(C)noc2C)CC1. The zero-order chi connectivity index (χ0) is 24.2. The Morgan fingerprint density at radius 1 is 1.15 bits per heavy atom. The molecule has 2 N–H and O–H groups in total. The third kappa shape index (κ3) is 5.98. The van der Waals surface area contributed by atoms with Crippen molar-refractivity contribution in [3.8, 4) is 0 Å². The Bertz CT molecular complexity index is 1090. The summed E-state index contributed by atoms with van der Waals surface area (Å²) in [6, 6.07) is 6.77. The number of benzene rings is 1. The van der Waals surface area contributed by atoms with Crippen LogP contribution in [0.3, 0.4) is 0 Å². The van der Waals surface area contributed by atoms with Gasteiger partial charge in [-0.05, 0) is 38.8 Å². The van der Waals surface area contributed by atoms with Gasteiger partial charge in [-0.15, -0.1) is 0 Å². The van der Waals surface area contributed by atoms with Gasteiger partial charge in [-0.2, -0.15) is 4.72 Å². The molecule has 1 aliphatic heterocycles. The lowest BCUT2D eigenvalue weighted by Gasteiger charge is -2.35. The van der Waals surface area contributed by atoms with Crippen molar-refractivity contribution in [1.82, 2.24) is 19.7 Å². The second-order valence-corrected chi connectivity index (χ2v) is 9.81. The second-order valence-electron chi connectivity index (χ2n) is 8.16. The van der Waals surface area contributed by atoms with Crippen LogP contribution in [0.2, 0.25) is 0 Å². The van der Waals surface area contributed by atoms with E-state index in [2.05, 4.69) is 15.2 Å². The Balaban J connectivity index is 1.51. The molecule has 0 aliphatic carbocycles. The number of carbonyl (C=O) groups excluding carboxylic acids is 2. The number of rotatable bonds is 8. The standard InChI is InChI=1S/C22H31N5O5S/c1-5-18-8-6-7-9-19(18)23-20(28)14-26-10-12-27(13-11-26)22(29)16(3)25-33(30,31)21-15(2)24-32-17(21)4/h6-9,16,25H,5,10-14H2,1-4H3,(H,23,28)/t16-/m0/s1. The van der Waals surface area contributed by atoms with Crippen molar-refractivity contribution in [2.75, 3.05) is 38.0 Å². The molecule has 2 aromatic rings. The van der Waals surface area contributed by atoms with E-state index in [1.54, 1.807) is 4.90 Å². The number of hydrogen-bond acceptors (Lipinski definition) is 7. The van der Waals surface area contributed by atoms with Crippen molar-refractivity contribution in [3.63, 3.8) is 0 Å². The normalized spacial score (nSPS) is 15.9. The van der Waals surface area contributed by atoms with Crippen molar-refractivity contribution in [2.24, 2.45) is 0 Å². The van der Waals surface area contributed by atoms with Crippen LogP contribution in [0.5, 0.6) is 0 Å². The highest BCUT2D eigenvalue weighted by atomic mass is 32.2. The Morgan fingerprint density at radius 3 is 2.42 bits per heavy atom. The molecule has 1 saturated heterocycles. The minimum atomic E-state index is -3.94. The molecule has 1 atom stereocenters. The first-order valence-corrected chi connectivity index (χ1v) is 12.4. The number of aryl methyl sites for hydroxylation is 3. The van der Waals surface area contributed by atoms with Crippen LogP contribution >= 0.6 is 0 Å².